The molecule has 1 atom stereocenters. The number of nitrogens with zero attached hydrogens (tertiary/aromatic N) is 1. The Morgan fingerprint density at radius 3 is 2.54 bits per heavy atom. The average molecular weight is 183 g/mol. The van der Waals surface area contributed by atoms with Crippen molar-refractivity contribution in [2.75, 3.05) is 14.1 Å². The van der Waals surface area contributed by atoms with Gasteiger partial charge in [0.1, 0.15) is 5.76 Å². The molecule has 13 heavy (non-hydrogen) atoms. The van der Waals surface area contributed by atoms with Crippen LogP contribution in [0.5, 0.6) is 0 Å². The number of furan rings is 1. The van der Waals surface area contributed by atoms with E-state index in [0.717, 1.165) is 0 Å². The number of hydrogen-bond donors (Lipinski definition) is 1. The molecule has 0 aliphatic heterocycles. The van der Waals surface area contributed by atoms with Crippen molar-refractivity contribution in [3.05, 3.63) is 23.7 Å². The fraction of sp³-hybridized carbons (Fsp3) is 0.444. The van der Waals surface area contributed by atoms with E-state index in [1.165, 1.54) is 6.07 Å². The molecular weight excluding hydrogens is 170 g/mol. The van der Waals surface area contributed by atoms with E-state index in [0.29, 0.717) is 5.76 Å². The van der Waals surface area contributed by atoms with Gasteiger partial charge in [-0.3, -0.25) is 4.90 Å². The van der Waals surface area contributed by atoms with E-state index in [-0.39, 0.29) is 11.8 Å². The highest BCUT2D eigenvalue weighted by atomic mass is 16.4. The minimum Gasteiger partial charge on any atom is -0.475 e. The van der Waals surface area contributed by atoms with Crippen molar-refractivity contribution >= 4 is 5.97 Å². The molecule has 0 bridgehead atoms. The lowest BCUT2D eigenvalue weighted by Gasteiger charge is -2.16. The Morgan fingerprint density at radius 2 is 2.15 bits per heavy atom. The van der Waals surface area contributed by atoms with Crippen molar-refractivity contribution in [3.8, 4) is 0 Å². The van der Waals surface area contributed by atoms with Crippen LogP contribution in [-0.2, 0) is 0 Å². The Kier molecular flexibility index (Phi) is 2.72. The van der Waals surface area contributed by atoms with Crippen LogP contribution in [0.1, 0.15) is 29.3 Å². The van der Waals surface area contributed by atoms with Crippen molar-refractivity contribution in [1.82, 2.24) is 4.90 Å². The van der Waals surface area contributed by atoms with Gasteiger partial charge >= 0.3 is 5.97 Å². The summed E-state index contributed by atoms with van der Waals surface area (Å²) in [5.74, 6) is -0.372. The van der Waals surface area contributed by atoms with Gasteiger partial charge in [0.15, 0.2) is 0 Å². The lowest BCUT2D eigenvalue weighted by molar-refractivity contribution is 0.0657. The van der Waals surface area contributed by atoms with E-state index in [1.54, 1.807) is 6.07 Å². The van der Waals surface area contributed by atoms with Gasteiger partial charge in [0.2, 0.25) is 5.76 Å². The summed E-state index contributed by atoms with van der Waals surface area (Å²) < 4.78 is 5.13. The van der Waals surface area contributed by atoms with E-state index in [9.17, 15) is 4.79 Å². The first kappa shape index (κ1) is 9.80. The third-order valence-corrected chi connectivity index (χ3v) is 2.02. The average Bonchev–Trinajstić information content (AvgIpc) is 2.50. The summed E-state index contributed by atoms with van der Waals surface area (Å²) in [7, 11) is 3.82. The van der Waals surface area contributed by atoms with Crippen LogP contribution < -0.4 is 0 Å². The standard InChI is InChI=1S/C9H13NO3/c1-6(10(2)3)7-4-5-8(13-7)9(11)12/h4-6H,1-3H3,(H,11,12). The molecule has 1 N–H and O–H groups in total. The maximum Gasteiger partial charge on any atom is 0.371 e. The minimum atomic E-state index is -1.03. The Morgan fingerprint density at radius 1 is 1.54 bits per heavy atom. The Balaban J connectivity index is 2.85. The number of hydrogen-bond acceptors (Lipinski definition) is 3. The second-order valence-corrected chi connectivity index (χ2v) is 3.15. The highest BCUT2D eigenvalue weighted by Gasteiger charge is 2.14. The second-order valence-electron chi connectivity index (χ2n) is 3.15. The first-order chi connectivity index (χ1) is 6.02. The highest BCUT2D eigenvalue weighted by Crippen LogP contribution is 2.19. The van der Waals surface area contributed by atoms with Crippen LogP contribution in [0.2, 0.25) is 0 Å². The Bertz CT molecular complexity index is 304. The van der Waals surface area contributed by atoms with Crippen LogP contribution in [0, 0.1) is 0 Å². The van der Waals surface area contributed by atoms with E-state index < -0.39 is 5.97 Å². The molecule has 1 rings (SSSR count). The van der Waals surface area contributed by atoms with Gasteiger partial charge in [-0.1, -0.05) is 0 Å². The molecule has 0 aliphatic rings. The number of aromatic carboxylic acids is 1. The Labute approximate surface area is 76.8 Å². The predicted octanol–water partition coefficient (Wildman–Crippen LogP) is 1.60. The zero-order valence-electron chi connectivity index (χ0n) is 7.94. The van der Waals surface area contributed by atoms with Gasteiger partial charge in [-0.05, 0) is 33.2 Å². The van der Waals surface area contributed by atoms with Gasteiger partial charge in [-0.2, -0.15) is 0 Å². The third-order valence-electron chi connectivity index (χ3n) is 2.02. The fourth-order valence-corrected chi connectivity index (χ4v) is 0.947. The number of carboxylic acids is 1. The van der Waals surface area contributed by atoms with Gasteiger partial charge in [-0.15, -0.1) is 0 Å². The molecule has 72 valence electrons. The Hall–Kier alpha value is -1.29. The van der Waals surface area contributed by atoms with Gasteiger partial charge in [0.25, 0.3) is 0 Å². The number of carboxylic acid groups (broad SMARTS) is 1. The molecule has 0 fully saturated rings. The van der Waals surface area contributed by atoms with Gasteiger partial charge in [-0.25, -0.2) is 4.79 Å². The van der Waals surface area contributed by atoms with Crippen LogP contribution in [-0.4, -0.2) is 30.1 Å². The summed E-state index contributed by atoms with van der Waals surface area (Å²) >= 11 is 0. The maximum absolute atomic E-state index is 10.5. The maximum atomic E-state index is 10.5. The normalized spacial score (nSPS) is 13.2. The van der Waals surface area contributed by atoms with Crippen LogP contribution in [0.4, 0.5) is 0 Å². The SMILES string of the molecule is CC(c1ccc(C(=O)O)o1)N(C)C. The summed E-state index contributed by atoms with van der Waals surface area (Å²) in [4.78, 5) is 12.4. The lowest BCUT2D eigenvalue weighted by atomic mass is 10.2. The molecule has 4 heteroatoms. The van der Waals surface area contributed by atoms with Crippen molar-refractivity contribution in [2.24, 2.45) is 0 Å². The summed E-state index contributed by atoms with van der Waals surface area (Å²) in [5.41, 5.74) is 0. The van der Waals surface area contributed by atoms with Crippen LogP contribution >= 0.6 is 0 Å². The second kappa shape index (κ2) is 3.62. The topological polar surface area (TPSA) is 53.7 Å². The highest BCUT2D eigenvalue weighted by molar-refractivity contribution is 5.84. The van der Waals surface area contributed by atoms with Crippen molar-refractivity contribution in [3.63, 3.8) is 0 Å². The first-order valence-electron chi connectivity index (χ1n) is 4.02. The van der Waals surface area contributed by atoms with Crippen molar-refractivity contribution in [2.45, 2.75) is 13.0 Å². The van der Waals surface area contributed by atoms with E-state index >= 15 is 0 Å². The first-order valence-corrected chi connectivity index (χ1v) is 4.02. The lowest BCUT2D eigenvalue weighted by Crippen LogP contribution is -2.16. The van der Waals surface area contributed by atoms with Crippen LogP contribution in [0.15, 0.2) is 16.5 Å². The largest absolute Gasteiger partial charge is 0.475 e. The molecular formula is C9H13NO3. The summed E-state index contributed by atoms with van der Waals surface area (Å²) in [6, 6.07) is 3.25. The predicted molar refractivity (Wildman–Crippen MR) is 47.8 cm³/mol. The van der Waals surface area contributed by atoms with E-state index in [4.69, 9.17) is 9.52 Å². The molecule has 0 saturated carbocycles. The molecule has 0 amide bonds. The zero-order valence-corrected chi connectivity index (χ0v) is 7.94. The fourth-order valence-electron chi connectivity index (χ4n) is 0.947. The zero-order chi connectivity index (χ0) is 10.0. The molecule has 0 radical (unpaired) electrons. The molecule has 0 aliphatic carbocycles. The number of carbonyl (C=O) groups is 1. The molecule has 1 aromatic heterocycles. The molecule has 0 aromatic carbocycles. The quantitative estimate of drug-likeness (QED) is 0.773. The molecule has 0 spiro atoms. The third kappa shape index (κ3) is 2.09. The monoisotopic (exact) mass is 183 g/mol. The molecule has 1 unspecified atom stereocenters. The molecule has 0 saturated heterocycles. The van der Waals surface area contributed by atoms with Crippen LogP contribution in [0.3, 0.4) is 0 Å². The van der Waals surface area contributed by atoms with Gasteiger partial charge < -0.3 is 9.52 Å². The van der Waals surface area contributed by atoms with E-state index in [1.807, 2.05) is 25.9 Å². The van der Waals surface area contributed by atoms with Crippen LogP contribution in [0.25, 0.3) is 0 Å². The van der Waals surface area contributed by atoms with Gasteiger partial charge in [0.05, 0.1) is 6.04 Å². The van der Waals surface area contributed by atoms with E-state index in [2.05, 4.69) is 0 Å². The smallest absolute Gasteiger partial charge is 0.371 e. The van der Waals surface area contributed by atoms with Crippen molar-refractivity contribution < 1.29 is 14.3 Å². The molecule has 1 heterocycles. The summed E-state index contributed by atoms with van der Waals surface area (Å²) in [6.45, 7) is 1.95. The van der Waals surface area contributed by atoms with Gasteiger partial charge in [0, 0.05) is 0 Å². The molecule has 1 aromatic rings. The van der Waals surface area contributed by atoms with Crippen molar-refractivity contribution in [1.29, 1.82) is 0 Å². The number of rotatable bonds is 3. The summed E-state index contributed by atoms with van der Waals surface area (Å²) in [6.07, 6.45) is 0. The molecule has 4 nitrogen and oxygen atoms in total. The minimum absolute atomic E-state index is 0.0105. The summed E-state index contributed by atoms with van der Waals surface area (Å²) in [5, 5.41) is 8.61.